The molecular formula is C21H28N4O. The lowest BCUT2D eigenvalue weighted by Crippen LogP contribution is -2.25. The monoisotopic (exact) mass is 352 g/mol. The second kappa shape index (κ2) is 8.13. The zero-order valence-corrected chi connectivity index (χ0v) is 15.8. The molecule has 0 spiro atoms. The van der Waals surface area contributed by atoms with Crippen LogP contribution in [0.1, 0.15) is 17.5 Å². The molecule has 3 rings (SSSR count). The van der Waals surface area contributed by atoms with E-state index in [1.807, 2.05) is 18.2 Å². The highest BCUT2D eigenvalue weighted by molar-refractivity contribution is 5.92. The Hall–Kier alpha value is -2.69. The van der Waals surface area contributed by atoms with Crippen molar-refractivity contribution in [3.05, 3.63) is 53.6 Å². The van der Waals surface area contributed by atoms with E-state index in [1.165, 1.54) is 11.1 Å². The van der Waals surface area contributed by atoms with E-state index in [9.17, 15) is 0 Å². The van der Waals surface area contributed by atoms with Crippen molar-refractivity contribution in [3.8, 4) is 5.75 Å². The number of ether oxygens (including phenoxy) is 1. The maximum absolute atomic E-state index is 6.07. The molecule has 1 saturated heterocycles. The molecule has 1 fully saturated rings. The Morgan fingerprint density at radius 2 is 2.04 bits per heavy atom. The van der Waals surface area contributed by atoms with E-state index in [2.05, 4.69) is 53.3 Å². The SMILES string of the molecule is COc1ccccc1N1CCC(CN=C(N)Nc2ccc(C)c(C)c2)C1. The van der Waals surface area contributed by atoms with Gasteiger partial charge in [-0.3, -0.25) is 4.99 Å². The minimum Gasteiger partial charge on any atom is -0.495 e. The normalized spacial score (nSPS) is 17.4. The lowest BCUT2D eigenvalue weighted by atomic mass is 10.1. The minimum atomic E-state index is 0.476. The molecule has 1 aliphatic heterocycles. The van der Waals surface area contributed by atoms with Crippen molar-refractivity contribution in [2.24, 2.45) is 16.6 Å². The predicted molar refractivity (Wildman–Crippen MR) is 109 cm³/mol. The Labute approximate surface area is 155 Å². The number of nitrogens with one attached hydrogen (secondary N) is 1. The number of nitrogens with zero attached hydrogens (tertiary/aromatic N) is 2. The summed E-state index contributed by atoms with van der Waals surface area (Å²) in [5.41, 5.74) is 10.7. The maximum atomic E-state index is 6.07. The summed E-state index contributed by atoms with van der Waals surface area (Å²) in [4.78, 5) is 6.92. The van der Waals surface area contributed by atoms with Crippen molar-refractivity contribution >= 4 is 17.3 Å². The van der Waals surface area contributed by atoms with Crippen LogP contribution in [0.5, 0.6) is 5.75 Å². The van der Waals surface area contributed by atoms with E-state index in [0.29, 0.717) is 11.9 Å². The van der Waals surface area contributed by atoms with Gasteiger partial charge in [-0.1, -0.05) is 18.2 Å². The molecule has 0 aromatic heterocycles. The molecule has 0 radical (unpaired) electrons. The quantitative estimate of drug-likeness (QED) is 0.638. The highest BCUT2D eigenvalue weighted by atomic mass is 16.5. The lowest BCUT2D eigenvalue weighted by molar-refractivity contribution is 0.414. The number of para-hydroxylation sites is 2. The largest absolute Gasteiger partial charge is 0.495 e. The third kappa shape index (κ3) is 4.28. The first-order valence-corrected chi connectivity index (χ1v) is 9.09. The molecule has 138 valence electrons. The number of methoxy groups -OCH3 is 1. The van der Waals surface area contributed by atoms with Crippen LogP contribution in [0.2, 0.25) is 0 Å². The van der Waals surface area contributed by atoms with Crippen molar-refractivity contribution in [2.75, 3.05) is 37.0 Å². The second-order valence-corrected chi connectivity index (χ2v) is 6.92. The molecule has 1 aliphatic rings. The summed E-state index contributed by atoms with van der Waals surface area (Å²) in [5, 5.41) is 3.19. The summed E-state index contributed by atoms with van der Waals surface area (Å²) in [5.74, 6) is 1.90. The van der Waals surface area contributed by atoms with Gasteiger partial charge in [0.15, 0.2) is 5.96 Å². The smallest absolute Gasteiger partial charge is 0.193 e. The van der Waals surface area contributed by atoms with Gasteiger partial charge in [-0.25, -0.2) is 0 Å². The number of hydrogen-bond acceptors (Lipinski definition) is 3. The fourth-order valence-corrected chi connectivity index (χ4v) is 3.33. The third-order valence-corrected chi connectivity index (χ3v) is 5.01. The molecule has 2 aromatic rings. The Morgan fingerprint density at radius 3 is 2.81 bits per heavy atom. The first-order chi connectivity index (χ1) is 12.6. The van der Waals surface area contributed by atoms with Crippen LogP contribution in [-0.2, 0) is 0 Å². The zero-order chi connectivity index (χ0) is 18.5. The summed E-state index contributed by atoms with van der Waals surface area (Å²) in [6.45, 7) is 6.92. The molecule has 26 heavy (non-hydrogen) atoms. The van der Waals surface area contributed by atoms with Gasteiger partial charge in [-0.2, -0.15) is 0 Å². The molecule has 0 saturated carbocycles. The first-order valence-electron chi connectivity index (χ1n) is 9.09. The number of anilines is 2. The molecule has 0 amide bonds. The van der Waals surface area contributed by atoms with Crippen LogP contribution >= 0.6 is 0 Å². The molecule has 1 unspecified atom stereocenters. The lowest BCUT2D eigenvalue weighted by Gasteiger charge is -2.21. The molecule has 5 nitrogen and oxygen atoms in total. The predicted octanol–water partition coefficient (Wildman–Crippen LogP) is 3.57. The van der Waals surface area contributed by atoms with E-state index in [4.69, 9.17) is 10.5 Å². The Morgan fingerprint density at radius 1 is 1.23 bits per heavy atom. The first kappa shape index (κ1) is 18.1. The molecule has 0 aliphatic carbocycles. The van der Waals surface area contributed by atoms with Crippen LogP contribution in [0.25, 0.3) is 0 Å². The summed E-state index contributed by atoms with van der Waals surface area (Å²) in [7, 11) is 1.72. The number of rotatable bonds is 5. The van der Waals surface area contributed by atoms with Crippen LogP contribution in [-0.4, -0.2) is 32.7 Å². The van der Waals surface area contributed by atoms with Crippen LogP contribution in [0.15, 0.2) is 47.5 Å². The van der Waals surface area contributed by atoms with Gasteiger partial charge in [0.05, 0.1) is 12.8 Å². The molecular weight excluding hydrogens is 324 g/mol. The molecule has 1 atom stereocenters. The van der Waals surface area contributed by atoms with E-state index in [1.54, 1.807) is 7.11 Å². The fourth-order valence-electron chi connectivity index (χ4n) is 3.33. The van der Waals surface area contributed by atoms with Gasteiger partial charge in [0.1, 0.15) is 5.75 Å². The van der Waals surface area contributed by atoms with Crippen LogP contribution in [0, 0.1) is 19.8 Å². The van der Waals surface area contributed by atoms with E-state index in [-0.39, 0.29) is 0 Å². The Balaban J connectivity index is 1.56. The molecule has 5 heteroatoms. The van der Waals surface area contributed by atoms with Gasteiger partial charge in [0.2, 0.25) is 0 Å². The number of aliphatic imine (C=N–C) groups is 1. The summed E-state index contributed by atoms with van der Waals surface area (Å²) in [6.07, 6.45) is 1.11. The van der Waals surface area contributed by atoms with Crippen LogP contribution in [0.4, 0.5) is 11.4 Å². The minimum absolute atomic E-state index is 0.476. The molecule has 1 heterocycles. The second-order valence-electron chi connectivity index (χ2n) is 6.92. The standard InChI is InChI=1S/C21H28N4O/c1-15-8-9-18(12-16(15)2)24-21(22)23-13-17-10-11-25(14-17)19-6-4-5-7-20(19)26-3/h4-9,12,17H,10-11,13-14H2,1-3H3,(H3,22,23,24). The van der Waals surface area contributed by atoms with Gasteiger partial charge < -0.3 is 20.7 Å². The average molecular weight is 352 g/mol. The highest BCUT2D eigenvalue weighted by Gasteiger charge is 2.24. The van der Waals surface area contributed by atoms with Crippen molar-refractivity contribution in [3.63, 3.8) is 0 Å². The maximum Gasteiger partial charge on any atom is 0.193 e. The highest BCUT2D eigenvalue weighted by Crippen LogP contribution is 2.31. The Kier molecular flexibility index (Phi) is 5.66. The van der Waals surface area contributed by atoms with E-state index < -0.39 is 0 Å². The Bertz CT molecular complexity index is 787. The third-order valence-electron chi connectivity index (χ3n) is 5.01. The number of guanidine groups is 1. The number of benzene rings is 2. The van der Waals surface area contributed by atoms with E-state index in [0.717, 1.165) is 43.2 Å². The topological polar surface area (TPSA) is 62.9 Å². The van der Waals surface area contributed by atoms with Gasteiger partial charge in [0, 0.05) is 25.3 Å². The van der Waals surface area contributed by atoms with E-state index >= 15 is 0 Å². The van der Waals surface area contributed by atoms with Gasteiger partial charge >= 0.3 is 0 Å². The van der Waals surface area contributed by atoms with Gasteiger partial charge in [0.25, 0.3) is 0 Å². The summed E-state index contributed by atoms with van der Waals surface area (Å²) >= 11 is 0. The van der Waals surface area contributed by atoms with Crippen LogP contribution < -0.4 is 20.7 Å². The van der Waals surface area contributed by atoms with Crippen molar-refractivity contribution < 1.29 is 4.74 Å². The zero-order valence-electron chi connectivity index (χ0n) is 15.8. The number of nitrogens with two attached hydrogens (primary N) is 1. The van der Waals surface area contributed by atoms with Crippen LogP contribution in [0.3, 0.4) is 0 Å². The average Bonchev–Trinajstić information content (AvgIpc) is 3.12. The number of hydrogen-bond donors (Lipinski definition) is 2. The van der Waals surface area contributed by atoms with Gasteiger partial charge in [-0.05, 0) is 61.6 Å². The molecule has 3 N–H and O–H groups in total. The molecule has 0 bridgehead atoms. The summed E-state index contributed by atoms with van der Waals surface area (Å²) in [6, 6.07) is 14.4. The van der Waals surface area contributed by atoms with Crippen molar-refractivity contribution in [1.82, 2.24) is 0 Å². The van der Waals surface area contributed by atoms with Gasteiger partial charge in [-0.15, -0.1) is 0 Å². The molecule has 2 aromatic carbocycles. The fraction of sp³-hybridized carbons (Fsp3) is 0.381. The summed E-state index contributed by atoms with van der Waals surface area (Å²) < 4.78 is 5.48. The van der Waals surface area contributed by atoms with Crippen molar-refractivity contribution in [1.29, 1.82) is 0 Å². The van der Waals surface area contributed by atoms with Crippen molar-refractivity contribution in [2.45, 2.75) is 20.3 Å². The number of aryl methyl sites for hydroxylation is 2.